The second-order valence-corrected chi connectivity index (χ2v) is 7.33. The number of hydrogen-bond acceptors (Lipinski definition) is 3. The number of carbonyl (C=O) groups is 1. The van der Waals surface area contributed by atoms with Crippen LogP contribution in [0.1, 0.15) is 43.5 Å². The van der Waals surface area contributed by atoms with Crippen LogP contribution in [0.2, 0.25) is 0 Å². The Morgan fingerprint density at radius 1 is 1.16 bits per heavy atom. The second-order valence-electron chi connectivity index (χ2n) is 7.33. The Balaban J connectivity index is 1.54. The van der Waals surface area contributed by atoms with E-state index in [2.05, 4.69) is 26.6 Å². The van der Waals surface area contributed by atoms with Crippen molar-refractivity contribution in [2.45, 2.75) is 57.3 Å². The van der Waals surface area contributed by atoms with E-state index in [0.717, 1.165) is 25.2 Å². The summed E-state index contributed by atoms with van der Waals surface area (Å²) in [6.07, 6.45) is 9.35. The van der Waals surface area contributed by atoms with Gasteiger partial charge in [-0.2, -0.15) is 0 Å². The minimum Gasteiger partial charge on any atom is -0.480 e. The lowest BCUT2D eigenvalue weighted by Crippen LogP contribution is -2.42. The zero-order valence-electron chi connectivity index (χ0n) is 14.4. The number of hydrogen-bond donors (Lipinski definition) is 1. The number of carboxylic acid groups (broad SMARTS) is 1. The molecule has 3 atom stereocenters. The molecular formula is C20H25N3O2. The van der Waals surface area contributed by atoms with E-state index in [4.69, 9.17) is 0 Å². The maximum absolute atomic E-state index is 11.8. The molecule has 132 valence electrons. The number of imidazole rings is 1. The molecule has 2 fully saturated rings. The van der Waals surface area contributed by atoms with Gasteiger partial charge in [0.2, 0.25) is 0 Å². The summed E-state index contributed by atoms with van der Waals surface area (Å²) in [5.74, 6) is 0.810. The number of benzene rings is 1. The highest BCUT2D eigenvalue weighted by Gasteiger charge is 2.45. The zero-order valence-corrected chi connectivity index (χ0v) is 14.4. The van der Waals surface area contributed by atoms with E-state index in [1.165, 1.54) is 24.8 Å². The van der Waals surface area contributed by atoms with Crippen LogP contribution in [0, 0.1) is 5.92 Å². The van der Waals surface area contributed by atoms with Gasteiger partial charge in [0.25, 0.3) is 0 Å². The lowest BCUT2D eigenvalue weighted by molar-refractivity contribution is -0.143. The van der Waals surface area contributed by atoms with Crippen molar-refractivity contribution in [2.75, 3.05) is 0 Å². The monoisotopic (exact) mass is 339 g/mol. The number of aliphatic carboxylic acids is 1. The largest absolute Gasteiger partial charge is 0.480 e. The Hall–Kier alpha value is -2.14. The summed E-state index contributed by atoms with van der Waals surface area (Å²) < 4.78 is 2.14. The standard InChI is InChI=1S/C20H25N3O2/c24-20(25)18-12-16-8-4-5-9-17(16)23(18)14-19-21-10-11-22(19)13-15-6-2-1-3-7-15/h1-3,6-7,10-11,16-18H,4-5,8-9,12-14H2,(H,24,25). The van der Waals surface area contributed by atoms with Crippen LogP contribution in [0.15, 0.2) is 42.7 Å². The van der Waals surface area contributed by atoms with Gasteiger partial charge in [0.15, 0.2) is 0 Å². The number of fused-ring (bicyclic) bond motifs is 1. The van der Waals surface area contributed by atoms with Gasteiger partial charge in [0.05, 0.1) is 6.54 Å². The fourth-order valence-electron chi connectivity index (χ4n) is 4.60. The summed E-state index contributed by atoms with van der Waals surface area (Å²) in [6, 6.07) is 10.3. The van der Waals surface area contributed by atoms with E-state index in [1.54, 1.807) is 0 Å². The van der Waals surface area contributed by atoms with E-state index in [9.17, 15) is 9.90 Å². The van der Waals surface area contributed by atoms with Gasteiger partial charge in [-0.1, -0.05) is 43.2 Å². The minimum atomic E-state index is -0.685. The number of aromatic nitrogens is 2. The third kappa shape index (κ3) is 3.33. The van der Waals surface area contributed by atoms with E-state index in [0.29, 0.717) is 18.5 Å². The van der Waals surface area contributed by atoms with Crippen LogP contribution < -0.4 is 0 Å². The van der Waals surface area contributed by atoms with Gasteiger partial charge in [-0.3, -0.25) is 9.69 Å². The summed E-state index contributed by atoms with van der Waals surface area (Å²) in [4.78, 5) is 18.5. The van der Waals surface area contributed by atoms with Crippen molar-refractivity contribution in [2.24, 2.45) is 5.92 Å². The lowest BCUT2D eigenvalue weighted by atomic mass is 9.85. The molecule has 1 saturated heterocycles. The summed E-state index contributed by atoms with van der Waals surface area (Å²) in [6.45, 7) is 1.40. The van der Waals surface area contributed by atoms with Gasteiger partial charge >= 0.3 is 5.97 Å². The molecule has 2 heterocycles. The predicted molar refractivity (Wildman–Crippen MR) is 95.1 cm³/mol. The molecule has 2 aromatic rings. The van der Waals surface area contributed by atoms with Crippen molar-refractivity contribution >= 4 is 5.97 Å². The molecule has 3 unspecified atom stereocenters. The number of rotatable bonds is 5. The van der Waals surface area contributed by atoms with Crippen molar-refractivity contribution in [1.29, 1.82) is 0 Å². The van der Waals surface area contributed by atoms with Gasteiger partial charge in [-0.25, -0.2) is 4.98 Å². The molecule has 2 aliphatic rings. The molecule has 1 aliphatic carbocycles. The molecule has 5 heteroatoms. The Morgan fingerprint density at radius 2 is 1.96 bits per heavy atom. The van der Waals surface area contributed by atoms with Crippen LogP contribution in [-0.2, 0) is 17.9 Å². The molecule has 0 bridgehead atoms. The van der Waals surface area contributed by atoms with Crippen molar-refractivity contribution < 1.29 is 9.90 Å². The van der Waals surface area contributed by atoms with Crippen LogP contribution in [0.3, 0.4) is 0 Å². The number of carboxylic acids is 1. The van der Waals surface area contributed by atoms with Gasteiger partial charge < -0.3 is 9.67 Å². The first-order valence-corrected chi connectivity index (χ1v) is 9.25. The number of nitrogens with zero attached hydrogens (tertiary/aromatic N) is 3. The molecule has 1 aromatic carbocycles. The summed E-state index contributed by atoms with van der Waals surface area (Å²) >= 11 is 0. The minimum absolute atomic E-state index is 0.366. The quantitative estimate of drug-likeness (QED) is 0.909. The highest BCUT2D eigenvalue weighted by molar-refractivity contribution is 5.74. The SMILES string of the molecule is O=C(O)C1CC2CCCCC2N1Cc1nccn1Cc1ccccc1. The van der Waals surface area contributed by atoms with E-state index in [1.807, 2.05) is 30.6 Å². The van der Waals surface area contributed by atoms with Crippen LogP contribution in [0.5, 0.6) is 0 Å². The Kier molecular flexibility index (Phi) is 4.57. The Bertz CT molecular complexity index is 728. The first-order chi connectivity index (χ1) is 12.2. The van der Waals surface area contributed by atoms with Gasteiger partial charge in [-0.15, -0.1) is 0 Å². The maximum atomic E-state index is 11.8. The van der Waals surface area contributed by atoms with Crippen molar-refractivity contribution in [3.05, 3.63) is 54.1 Å². The van der Waals surface area contributed by atoms with Gasteiger partial charge in [0.1, 0.15) is 11.9 Å². The van der Waals surface area contributed by atoms with Crippen molar-refractivity contribution in [3.8, 4) is 0 Å². The fraction of sp³-hybridized carbons (Fsp3) is 0.500. The van der Waals surface area contributed by atoms with Gasteiger partial charge in [-0.05, 0) is 30.7 Å². The molecule has 0 spiro atoms. The first kappa shape index (κ1) is 16.3. The lowest BCUT2D eigenvalue weighted by Gasteiger charge is -2.32. The summed E-state index contributed by atoms with van der Waals surface area (Å²) in [5, 5.41) is 9.69. The highest BCUT2D eigenvalue weighted by atomic mass is 16.4. The topological polar surface area (TPSA) is 58.4 Å². The fourth-order valence-corrected chi connectivity index (χ4v) is 4.60. The maximum Gasteiger partial charge on any atom is 0.320 e. The Morgan fingerprint density at radius 3 is 2.76 bits per heavy atom. The van der Waals surface area contributed by atoms with Crippen molar-refractivity contribution in [3.63, 3.8) is 0 Å². The molecule has 1 aliphatic heterocycles. The molecule has 0 radical (unpaired) electrons. The molecule has 1 N–H and O–H groups in total. The first-order valence-electron chi connectivity index (χ1n) is 9.25. The predicted octanol–water partition coefficient (Wildman–Crippen LogP) is 3.15. The molecular weight excluding hydrogens is 314 g/mol. The molecule has 5 nitrogen and oxygen atoms in total. The van der Waals surface area contributed by atoms with Crippen LogP contribution in [0.4, 0.5) is 0 Å². The van der Waals surface area contributed by atoms with Crippen LogP contribution >= 0.6 is 0 Å². The molecule has 1 saturated carbocycles. The van der Waals surface area contributed by atoms with Crippen molar-refractivity contribution in [1.82, 2.24) is 14.5 Å². The van der Waals surface area contributed by atoms with Crippen LogP contribution in [-0.4, -0.2) is 37.6 Å². The molecule has 0 amide bonds. The normalized spacial score (nSPS) is 26.5. The zero-order chi connectivity index (χ0) is 17.2. The second kappa shape index (κ2) is 7.00. The third-order valence-electron chi connectivity index (χ3n) is 5.83. The number of likely N-dealkylation sites (tertiary alicyclic amines) is 1. The average molecular weight is 339 g/mol. The summed E-state index contributed by atoms with van der Waals surface area (Å²) in [7, 11) is 0. The smallest absolute Gasteiger partial charge is 0.320 e. The van der Waals surface area contributed by atoms with E-state index < -0.39 is 5.97 Å². The molecule has 1 aromatic heterocycles. The van der Waals surface area contributed by atoms with E-state index >= 15 is 0 Å². The van der Waals surface area contributed by atoms with Gasteiger partial charge in [0, 0.05) is 25.0 Å². The Labute approximate surface area is 148 Å². The summed E-state index contributed by atoms with van der Waals surface area (Å²) in [5.41, 5.74) is 1.23. The molecule has 25 heavy (non-hydrogen) atoms. The van der Waals surface area contributed by atoms with E-state index in [-0.39, 0.29) is 6.04 Å². The third-order valence-corrected chi connectivity index (χ3v) is 5.83. The average Bonchev–Trinajstić information content (AvgIpc) is 3.21. The van der Waals surface area contributed by atoms with Crippen LogP contribution in [0.25, 0.3) is 0 Å². The molecule has 4 rings (SSSR count). The highest BCUT2D eigenvalue weighted by Crippen LogP contribution is 2.40.